The van der Waals surface area contributed by atoms with Crippen molar-refractivity contribution in [3.8, 4) is 0 Å². The number of carbonyl (C=O) groups excluding carboxylic acids is 1. The standard InChI is InChI=1S/C19H37N5O2/c1-4-20-19(21-10-12-23(2)13-14-26-3)22-17-9-11-24(15-17)18(25)16-7-5-6-8-16/h16-17H,4-15H2,1-3H3,(H2,20,21,22). The number of aliphatic imine (C=N–C) groups is 1. The Labute approximate surface area is 158 Å². The molecule has 0 aromatic heterocycles. The normalized spacial score (nSPS) is 21.6. The van der Waals surface area contributed by atoms with Gasteiger partial charge in [0.2, 0.25) is 5.91 Å². The molecule has 2 fully saturated rings. The van der Waals surface area contributed by atoms with Gasteiger partial charge < -0.3 is 25.2 Å². The highest BCUT2D eigenvalue weighted by Crippen LogP contribution is 2.27. The first-order valence-electron chi connectivity index (χ1n) is 10.1. The first kappa shape index (κ1) is 21.0. The average Bonchev–Trinajstić information content (AvgIpc) is 3.31. The van der Waals surface area contributed by atoms with E-state index in [1.165, 1.54) is 12.8 Å². The molecule has 2 aliphatic rings. The largest absolute Gasteiger partial charge is 0.383 e. The van der Waals surface area contributed by atoms with E-state index >= 15 is 0 Å². The lowest BCUT2D eigenvalue weighted by Gasteiger charge is -2.21. The van der Waals surface area contributed by atoms with Gasteiger partial charge in [-0.25, -0.2) is 0 Å². The summed E-state index contributed by atoms with van der Waals surface area (Å²) in [5, 5.41) is 6.83. The lowest BCUT2D eigenvalue weighted by atomic mass is 10.1. The molecule has 1 aliphatic heterocycles. The Morgan fingerprint density at radius 1 is 1.27 bits per heavy atom. The Morgan fingerprint density at radius 3 is 2.73 bits per heavy atom. The number of amides is 1. The number of nitrogens with one attached hydrogen (secondary N) is 2. The van der Waals surface area contributed by atoms with Crippen LogP contribution in [0.15, 0.2) is 4.99 Å². The number of likely N-dealkylation sites (N-methyl/N-ethyl adjacent to an activating group) is 1. The van der Waals surface area contributed by atoms with Crippen LogP contribution in [0.3, 0.4) is 0 Å². The maximum absolute atomic E-state index is 12.6. The molecule has 0 bridgehead atoms. The van der Waals surface area contributed by atoms with Gasteiger partial charge in [0, 0.05) is 51.8 Å². The molecule has 1 saturated heterocycles. The summed E-state index contributed by atoms with van der Waals surface area (Å²) >= 11 is 0. The van der Waals surface area contributed by atoms with Crippen molar-refractivity contribution in [2.24, 2.45) is 10.9 Å². The second-order valence-electron chi connectivity index (χ2n) is 7.45. The molecule has 1 unspecified atom stereocenters. The van der Waals surface area contributed by atoms with Gasteiger partial charge in [0.15, 0.2) is 5.96 Å². The molecule has 0 aromatic carbocycles. The Morgan fingerprint density at radius 2 is 2.04 bits per heavy atom. The first-order chi connectivity index (χ1) is 12.6. The Bertz CT molecular complexity index is 451. The number of methoxy groups -OCH3 is 1. The third-order valence-electron chi connectivity index (χ3n) is 5.32. The number of hydrogen-bond acceptors (Lipinski definition) is 4. The second kappa shape index (κ2) is 11.4. The zero-order chi connectivity index (χ0) is 18.8. The van der Waals surface area contributed by atoms with Crippen LogP contribution in [0.5, 0.6) is 0 Å². The molecular weight excluding hydrogens is 330 g/mol. The van der Waals surface area contributed by atoms with Gasteiger partial charge in [-0.05, 0) is 33.2 Å². The van der Waals surface area contributed by atoms with Crippen molar-refractivity contribution in [2.45, 2.75) is 45.1 Å². The minimum Gasteiger partial charge on any atom is -0.383 e. The van der Waals surface area contributed by atoms with Crippen LogP contribution in [0.2, 0.25) is 0 Å². The molecule has 0 radical (unpaired) electrons. The number of nitrogens with zero attached hydrogens (tertiary/aromatic N) is 3. The number of guanidine groups is 1. The second-order valence-corrected chi connectivity index (χ2v) is 7.45. The fraction of sp³-hybridized carbons (Fsp3) is 0.895. The van der Waals surface area contributed by atoms with E-state index in [4.69, 9.17) is 4.74 Å². The molecule has 0 aromatic rings. The van der Waals surface area contributed by atoms with Gasteiger partial charge in [-0.2, -0.15) is 0 Å². The number of hydrogen-bond donors (Lipinski definition) is 2. The summed E-state index contributed by atoms with van der Waals surface area (Å²) in [6.07, 6.45) is 5.57. The van der Waals surface area contributed by atoms with E-state index in [0.717, 1.165) is 71.1 Å². The Kier molecular flexibility index (Phi) is 9.18. The van der Waals surface area contributed by atoms with E-state index in [9.17, 15) is 4.79 Å². The molecule has 2 N–H and O–H groups in total. The monoisotopic (exact) mass is 367 g/mol. The fourth-order valence-corrected chi connectivity index (χ4v) is 3.71. The molecular formula is C19H37N5O2. The van der Waals surface area contributed by atoms with Gasteiger partial charge in [-0.15, -0.1) is 0 Å². The summed E-state index contributed by atoms with van der Waals surface area (Å²) < 4.78 is 5.10. The first-order valence-corrected chi connectivity index (χ1v) is 10.1. The van der Waals surface area contributed by atoms with Crippen LogP contribution in [-0.4, -0.2) is 87.7 Å². The SMILES string of the molecule is CCNC(=NCCN(C)CCOC)NC1CCN(C(=O)C2CCCC2)C1. The fourth-order valence-electron chi connectivity index (χ4n) is 3.71. The summed E-state index contributed by atoms with van der Waals surface area (Å²) in [6, 6.07) is 0.296. The molecule has 1 heterocycles. The number of ether oxygens (including phenoxy) is 1. The van der Waals surface area contributed by atoms with Crippen LogP contribution in [0.25, 0.3) is 0 Å². The molecule has 1 amide bonds. The van der Waals surface area contributed by atoms with Crippen molar-refractivity contribution in [2.75, 3.05) is 60.0 Å². The van der Waals surface area contributed by atoms with Crippen LogP contribution in [0.1, 0.15) is 39.0 Å². The van der Waals surface area contributed by atoms with Crippen molar-refractivity contribution < 1.29 is 9.53 Å². The van der Waals surface area contributed by atoms with E-state index in [1.807, 2.05) is 0 Å². The summed E-state index contributed by atoms with van der Waals surface area (Å²) in [4.78, 5) is 21.5. The molecule has 1 saturated carbocycles. The lowest BCUT2D eigenvalue weighted by molar-refractivity contribution is -0.134. The summed E-state index contributed by atoms with van der Waals surface area (Å²) in [5.41, 5.74) is 0. The van der Waals surface area contributed by atoms with Gasteiger partial charge in [-0.3, -0.25) is 9.79 Å². The van der Waals surface area contributed by atoms with E-state index < -0.39 is 0 Å². The molecule has 1 aliphatic carbocycles. The summed E-state index contributed by atoms with van der Waals surface area (Å²) in [6.45, 7) is 7.88. The van der Waals surface area contributed by atoms with Crippen LogP contribution in [-0.2, 0) is 9.53 Å². The maximum atomic E-state index is 12.6. The van der Waals surface area contributed by atoms with Crippen molar-refractivity contribution in [3.63, 3.8) is 0 Å². The van der Waals surface area contributed by atoms with Gasteiger partial charge >= 0.3 is 0 Å². The van der Waals surface area contributed by atoms with E-state index in [-0.39, 0.29) is 5.92 Å². The lowest BCUT2D eigenvalue weighted by Crippen LogP contribution is -2.45. The highest BCUT2D eigenvalue weighted by atomic mass is 16.5. The van der Waals surface area contributed by atoms with Crippen LogP contribution in [0.4, 0.5) is 0 Å². The number of likely N-dealkylation sites (tertiary alicyclic amines) is 1. The molecule has 7 nitrogen and oxygen atoms in total. The molecule has 1 atom stereocenters. The molecule has 0 spiro atoms. The van der Waals surface area contributed by atoms with Crippen LogP contribution >= 0.6 is 0 Å². The Hall–Kier alpha value is -1.34. The molecule has 7 heteroatoms. The van der Waals surface area contributed by atoms with Gasteiger partial charge in [0.05, 0.1) is 13.2 Å². The number of rotatable bonds is 9. The van der Waals surface area contributed by atoms with Crippen molar-refractivity contribution >= 4 is 11.9 Å². The molecule has 26 heavy (non-hydrogen) atoms. The van der Waals surface area contributed by atoms with E-state index in [0.29, 0.717) is 11.9 Å². The topological polar surface area (TPSA) is 69.2 Å². The summed E-state index contributed by atoms with van der Waals surface area (Å²) in [5.74, 6) is 1.50. The van der Waals surface area contributed by atoms with Gasteiger partial charge in [0.1, 0.15) is 0 Å². The predicted octanol–water partition coefficient (Wildman–Crippen LogP) is 0.911. The minimum absolute atomic E-state index is 0.276. The quantitative estimate of drug-likeness (QED) is 0.468. The van der Waals surface area contributed by atoms with Crippen LogP contribution in [0, 0.1) is 5.92 Å². The van der Waals surface area contributed by atoms with Crippen molar-refractivity contribution in [1.29, 1.82) is 0 Å². The van der Waals surface area contributed by atoms with E-state index in [1.54, 1.807) is 7.11 Å². The van der Waals surface area contributed by atoms with Crippen molar-refractivity contribution in [3.05, 3.63) is 0 Å². The third kappa shape index (κ3) is 6.76. The molecule has 2 rings (SSSR count). The average molecular weight is 368 g/mol. The summed E-state index contributed by atoms with van der Waals surface area (Å²) in [7, 11) is 3.81. The maximum Gasteiger partial charge on any atom is 0.225 e. The Balaban J connectivity index is 1.76. The smallest absolute Gasteiger partial charge is 0.225 e. The van der Waals surface area contributed by atoms with Gasteiger partial charge in [0.25, 0.3) is 0 Å². The van der Waals surface area contributed by atoms with Gasteiger partial charge in [-0.1, -0.05) is 12.8 Å². The number of carbonyl (C=O) groups is 1. The predicted molar refractivity (Wildman–Crippen MR) is 105 cm³/mol. The minimum atomic E-state index is 0.276. The van der Waals surface area contributed by atoms with Crippen LogP contribution < -0.4 is 10.6 Å². The van der Waals surface area contributed by atoms with Crippen molar-refractivity contribution in [1.82, 2.24) is 20.4 Å². The van der Waals surface area contributed by atoms with E-state index in [2.05, 4.69) is 39.4 Å². The third-order valence-corrected chi connectivity index (χ3v) is 5.32. The highest BCUT2D eigenvalue weighted by molar-refractivity contribution is 5.81. The zero-order valence-electron chi connectivity index (χ0n) is 16.8. The molecule has 150 valence electrons. The zero-order valence-corrected chi connectivity index (χ0v) is 16.8. The highest BCUT2D eigenvalue weighted by Gasteiger charge is 2.32.